The second kappa shape index (κ2) is 6.01. The molecule has 0 saturated heterocycles. The van der Waals surface area contributed by atoms with Crippen LogP contribution >= 0.6 is 27.7 Å². The van der Waals surface area contributed by atoms with Gasteiger partial charge in [0, 0.05) is 9.86 Å². The first kappa shape index (κ1) is 14.5. The number of benzene rings is 1. The molecule has 1 aromatic heterocycles. The summed E-state index contributed by atoms with van der Waals surface area (Å²) in [6, 6.07) is 5.82. The smallest absolute Gasteiger partial charge is 0.313 e. The van der Waals surface area contributed by atoms with E-state index in [2.05, 4.69) is 15.9 Å². The van der Waals surface area contributed by atoms with Gasteiger partial charge >= 0.3 is 5.97 Å². The molecule has 0 aliphatic carbocycles. The van der Waals surface area contributed by atoms with Crippen LogP contribution in [0.3, 0.4) is 0 Å². The highest BCUT2D eigenvalue weighted by molar-refractivity contribution is 9.10. The van der Waals surface area contributed by atoms with Crippen LogP contribution in [0.4, 0.5) is 0 Å². The van der Waals surface area contributed by atoms with Gasteiger partial charge in [0.25, 0.3) is 0 Å². The second-order valence-electron chi connectivity index (χ2n) is 4.41. The van der Waals surface area contributed by atoms with E-state index in [1.165, 1.54) is 0 Å². The van der Waals surface area contributed by atoms with E-state index in [1.807, 2.05) is 38.3 Å². The Bertz CT molecular complexity index is 604. The summed E-state index contributed by atoms with van der Waals surface area (Å²) in [7, 11) is 0. The summed E-state index contributed by atoms with van der Waals surface area (Å²) < 4.78 is 11.9. The third-order valence-electron chi connectivity index (χ3n) is 2.55. The van der Waals surface area contributed by atoms with Crippen molar-refractivity contribution in [1.29, 1.82) is 0 Å². The Morgan fingerprint density at radius 1 is 1.47 bits per heavy atom. The fourth-order valence-electron chi connectivity index (χ4n) is 1.87. The monoisotopic (exact) mass is 342 g/mol. The number of halogens is 1. The molecule has 0 N–H and O–H groups in total. The topological polar surface area (TPSA) is 39.4 Å². The number of hydrogen-bond donors (Lipinski definition) is 0. The highest BCUT2D eigenvalue weighted by Gasteiger charge is 2.18. The molecule has 0 aliphatic heterocycles. The molecule has 0 saturated carbocycles. The van der Waals surface area contributed by atoms with Crippen molar-refractivity contribution in [3.63, 3.8) is 0 Å². The van der Waals surface area contributed by atoms with Gasteiger partial charge in [-0.2, -0.15) is 0 Å². The molecule has 19 heavy (non-hydrogen) atoms. The largest absolute Gasteiger partial charge is 0.463 e. The van der Waals surface area contributed by atoms with Crippen LogP contribution in [0.1, 0.15) is 19.6 Å². The van der Waals surface area contributed by atoms with Gasteiger partial charge in [-0.05, 0) is 38.3 Å². The minimum Gasteiger partial charge on any atom is -0.463 e. The van der Waals surface area contributed by atoms with E-state index in [0.29, 0.717) is 5.76 Å². The first-order chi connectivity index (χ1) is 9.01. The lowest BCUT2D eigenvalue weighted by Gasteiger charge is -2.06. The molecular weight excluding hydrogens is 328 g/mol. The van der Waals surface area contributed by atoms with E-state index in [1.54, 1.807) is 11.8 Å². The van der Waals surface area contributed by atoms with Crippen molar-refractivity contribution in [2.45, 2.75) is 31.3 Å². The van der Waals surface area contributed by atoms with Gasteiger partial charge in [-0.3, -0.25) is 4.79 Å². The Morgan fingerprint density at radius 3 is 2.84 bits per heavy atom. The summed E-state index contributed by atoms with van der Waals surface area (Å²) in [6.07, 6.45) is 2.03. The molecule has 102 valence electrons. The number of hydrogen-bond acceptors (Lipinski definition) is 4. The lowest BCUT2D eigenvalue weighted by molar-refractivity contribution is -0.146. The SMILES string of the molecule is CSc1c(CC(=O)OC(C)C)oc2ccc(Br)cc12. The van der Waals surface area contributed by atoms with Crippen LogP contribution in [0.5, 0.6) is 0 Å². The van der Waals surface area contributed by atoms with Crippen LogP contribution in [0.2, 0.25) is 0 Å². The number of fused-ring (bicyclic) bond motifs is 1. The van der Waals surface area contributed by atoms with E-state index in [9.17, 15) is 4.79 Å². The summed E-state index contributed by atoms with van der Waals surface area (Å²) in [4.78, 5) is 12.7. The lowest BCUT2D eigenvalue weighted by atomic mass is 10.2. The van der Waals surface area contributed by atoms with Gasteiger partial charge in [0.15, 0.2) is 0 Å². The number of ether oxygens (including phenoxy) is 1. The summed E-state index contributed by atoms with van der Waals surface area (Å²) in [6.45, 7) is 3.67. The van der Waals surface area contributed by atoms with Crippen LogP contribution in [-0.2, 0) is 16.0 Å². The van der Waals surface area contributed by atoms with Crippen LogP contribution in [0.25, 0.3) is 11.0 Å². The van der Waals surface area contributed by atoms with E-state index in [-0.39, 0.29) is 18.5 Å². The summed E-state index contributed by atoms with van der Waals surface area (Å²) in [5.41, 5.74) is 0.792. The van der Waals surface area contributed by atoms with Crippen LogP contribution in [0.15, 0.2) is 32.0 Å². The fraction of sp³-hybridized carbons (Fsp3) is 0.357. The molecule has 1 heterocycles. The normalized spacial score (nSPS) is 11.2. The number of esters is 1. The zero-order chi connectivity index (χ0) is 14.0. The Hall–Kier alpha value is -0.940. The standard InChI is InChI=1S/C14H15BrO3S/c1-8(2)17-13(16)7-12-14(19-3)10-6-9(15)4-5-11(10)18-12/h4-6,8H,7H2,1-3H3. The molecule has 3 nitrogen and oxygen atoms in total. The molecule has 0 unspecified atom stereocenters. The number of carbonyl (C=O) groups is 1. The van der Waals surface area contributed by atoms with Gasteiger partial charge in [-0.1, -0.05) is 15.9 Å². The first-order valence-corrected chi connectivity index (χ1v) is 7.97. The molecule has 1 aromatic carbocycles. The molecule has 0 aliphatic rings. The van der Waals surface area contributed by atoms with Crippen LogP contribution in [-0.4, -0.2) is 18.3 Å². The zero-order valence-corrected chi connectivity index (χ0v) is 13.4. The van der Waals surface area contributed by atoms with Gasteiger partial charge in [0.2, 0.25) is 0 Å². The predicted octanol–water partition coefficient (Wildman–Crippen LogP) is 4.41. The minimum absolute atomic E-state index is 0.108. The molecule has 0 radical (unpaired) electrons. The molecule has 0 amide bonds. The van der Waals surface area contributed by atoms with E-state index in [4.69, 9.17) is 9.15 Å². The van der Waals surface area contributed by atoms with E-state index >= 15 is 0 Å². The third-order valence-corrected chi connectivity index (χ3v) is 3.90. The van der Waals surface area contributed by atoms with Crippen molar-refractivity contribution in [1.82, 2.24) is 0 Å². The Kier molecular flexibility index (Phi) is 4.58. The molecular formula is C14H15BrO3S. The van der Waals surface area contributed by atoms with Gasteiger partial charge in [-0.25, -0.2) is 0 Å². The summed E-state index contributed by atoms with van der Waals surface area (Å²) in [5, 5.41) is 1.02. The molecule has 0 fully saturated rings. The van der Waals surface area contributed by atoms with Gasteiger partial charge in [0.05, 0.1) is 11.0 Å². The van der Waals surface area contributed by atoms with Crippen LogP contribution in [0, 0.1) is 0 Å². The molecule has 0 spiro atoms. The maximum Gasteiger partial charge on any atom is 0.313 e. The van der Waals surface area contributed by atoms with Crippen molar-refractivity contribution >= 4 is 44.6 Å². The molecule has 5 heteroatoms. The summed E-state index contributed by atoms with van der Waals surface area (Å²) in [5.74, 6) is 0.412. The van der Waals surface area contributed by atoms with Crippen LogP contribution < -0.4 is 0 Å². The zero-order valence-electron chi connectivity index (χ0n) is 11.0. The number of rotatable bonds is 4. The third kappa shape index (κ3) is 3.34. The quantitative estimate of drug-likeness (QED) is 0.609. The fourth-order valence-corrected chi connectivity index (χ4v) is 2.96. The Labute approximate surface area is 124 Å². The van der Waals surface area contributed by atoms with Crippen molar-refractivity contribution < 1.29 is 13.9 Å². The number of carbonyl (C=O) groups excluding carboxylic acids is 1. The van der Waals surface area contributed by atoms with Gasteiger partial charge in [0.1, 0.15) is 17.8 Å². The van der Waals surface area contributed by atoms with Crippen molar-refractivity contribution in [3.8, 4) is 0 Å². The average Bonchev–Trinajstić information content (AvgIpc) is 2.64. The minimum atomic E-state index is -0.261. The highest BCUT2D eigenvalue weighted by Crippen LogP contribution is 2.35. The molecule has 0 bridgehead atoms. The Morgan fingerprint density at radius 2 is 2.21 bits per heavy atom. The highest BCUT2D eigenvalue weighted by atomic mass is 79.9. The molecule has 0 atom stereocenters. The van der Waals surface area contributed by atoms with E-state index in [0.717, 1.165) is 20.3 Å². The van der Waals surface area contributed by atoms with Gasteiger partial charge < -0.3 is 9.15 Å². The van der Waals surface area contributed by atoms with Crippen molar-refractivity contribution in [2.75, 3.05) is 6.26 Å². The Balaban J connectivity index is 2.35. The van der Waals surface area contributed by atoms with Crippen molar-refractivity contribution in [3.05, 3.63) is 28.4 Å². The predicted molar refractivity (Wildman–Crippen MR) is 80.6 cm³/mol. The molecule has 2 aromatic rings. The summed E-state index contributed by atoms with van der Waals surface area (Å²) >= 11 is 5.02. The first-order valence-electron chi connectivity index (χ1n) is 5.95. The average molecular weight is 343 g/mol. The maximum absolute atomic E-state index is 11.7. The van der Waals surface area contributed by atoms with Crippen molar-refractivity contribution in [2.24, 2.45) is 0 Å². The number of thioether (sulfide) groups is 1. The number of furan rings is 1. The van der Waals surface area contributed by atoms with Gasteiger partial charge in [-0.15, -0.1) is 11.8 Å². The maximum atomic E-state index is 11.7. The molecule has 2 rings (SSSR count). The lowest BCUT2D eigenvalue weighted by Crippen LogP contribution is -2.13. The second-order valence-corrected chi connectivity index (χ2v) is 6.15. The van der Waals surface area contributed by atoms with E-state index < -0.39 is 0 Å².